The van der Waals surface area contributed by atoms with Crippen molar-refractivity contribution < 1.29 is 14.7 Å². The zero-order chi connectivity index (χ0) is 15.3. The van der Waals surface area contributed by atoms with Crippen LogP contribution in [-0.2, 0) is 4.79 Å². The van der Waals surface area contributed by atoms with Gasteiger partial charge in [0.05, 0.1) is 15.8 Å². The predicted molar refractivity (Wildman–Crippen MR) is 79.0 cm³/mol. The Hall–Kier alpha value is -1.56. The van der Waals surface area contributed by atoms with Crippen LogP contribution in [0.2, 0.25) is 0 Å². The molecule has 0 aliphatic heterocycles. The van der Waals surface area contributed by atoms with Gasteiger partial charge in [0.25, 0.3) is 0 Å². The molecule has 1 aromatic rings. The number of carboxylic acid groups (broad SMARTS) is 1. The number of nitrogens with one attached hydrogen (secondary N) is 1. The van der Waals surface area contributed by atoms with Gasteiger partial charge in [0.1, 0.15) is 0 Å². The normalized spacial score (nSPS) is 12.8. The molecule has 1 rings (SSSR count). The average molecular weight is 296 g/mol. The molecule has 5 nitrogen and oxygen atoms in total. The number of pyridine rings is 1. The van der Waals surface area contributed by atoms with Crippen molar-refractivity contribution in [1.82, 2.24) is 10.3 Å². The Labute approximate surface area is 123 Å². The summed E-state index contributed by atoms with van der Waals surface area (Å²) in [5.74, 6) is -1.08. The van der Waals surface area contributed by atoms with Gasteiger partial charge in [-0.1, -0.05) is 18.7 Å². The van der Waals surface area contributed by atoms with E-state index in [2.05, 4.69) is 10.3 Å². The zero-order valence-electron chi connectivity index (χ0n) is 12.1. The van der Waals surface area contributed by atoms with Crippen LogP contribution >= 0.6 is 11.8 Å². The number of rotatable bonds is 6. The Morgan fingerprint density at radius 3 is 2.70 bits per heavy atom. The number of nitrogens with zero attached hydrogens (tertiary/aromatic N) is 1. The summed E-state index contributed by atoms with van der Waals surface area (Å²) in [5.41, 5.74) is -0.0774. The van der Waals surface area contributed by atoms with E-state index in [1.807, 2.05) is 20.8 Å². The van der Waals surface area contributed by atoms with Gasteiger partial charge in [0.2, 0.25) is 5.91 Å². The van der Waals surface area contributed by atoms with E-state index in [4.69, 9.17) is 5.11 Å². The van der Waals surface area contributed by atoms with E-state index >= 15 is 0 Å². The lowest BCUT2D eigenvalue weighted by Crippen LogP contribution is -2.46. The number of amides is 1. The first kappa shape index (κ1) is 16.5. The molecule has 2 N–H and O–H groups in total. The monoisotopic (exact) mass is 296 g/mol. The molecule has 20 heavy (non-hydrogen) atoms. The summed E-state index contributed by atoms with van der Waals surface area (Å²) in [7, 11) is 0. The number of aromatic nitrogens is 1. The number of thioether (sulfide) groups is 1. The molecule has 6 heteroatoms. The molecule has 1 atom stereocenters. The van der Waals surface area contributed by atoms with Crippen molar-refractivity contribution in [3.05, 3.63) is 23.9 Å². The second kappa shape index (κ2) is 6.74. The first-order valence-electron chi connectivity index (χ1n) is 6.43. The van der Waals surface area contributed by atoms with Gasteiger partial charge in [0, 0.05) is 11.7 Å². The molecule has 1 unspecified atom stereocenters. The number of hydrogen-bond donors (Lipinski definition) is 2. The number of aromatic carboxylic acids is 1. The summed E-state index contributed by atoms with van der Waals surface area (Å²) in [5, 5.41) is 12.1. The van der Waals surface area contributed by atoms with E-state index in [0.29, 0.717) is 5.03 Å². The fourth-order valence-electron chi connectivity index (χ4n) is 1.37. The van der Waals surface area contributed by atoms with Gasteiger partial charge >= 0.3 is 5.97 Å². The third kappa shape index (κ3) is 4.85. The molecule has 0 bridgehead atoms. The zero-order valence-corrected chi connectivity index (χ0v) is 13.0. The minimum atomic E-state index is -1.00. The molecule has 0 saturated heterocycles. The quantitative estimate of drug-likeness (QED) is 0.789. The van der Waals surface area contributed by atoms with Crippen molar-refractivity contribution in [2.45, 2.75) is 49.9 Å². The highest BCUT2D eigenvalue weighted by atomic mass is 32.2. The van der Waals surface area contributed by atoms with Crippen LogP contribution in [0.1, 0.15) is 44.5 Å². The first-order chi connectivity index (χ1) is 9.25. The van der Waals surface area contributed by atoms with Crippen LogP contribution in [0, 0.1) is 0 Å². The number of hydrogen-bond acceptors (Lipinski definition) is 4. The van der Waals surface area contributed by atoms with Crippen LogP contribution in [0.25, 0.3) is 0 Å². The Balaban J connectivity index is 2.71. The fourth-order valence-corrected chi connectivity index (χ4v) is 2.21. The van der Waals surface area contributed by atoms with Crippen molar-refractivity contribution in [3.63, 3.8) is 0 Å². The van der Waals surface area contributed by atoms with Crippen LogP contribution in [-0.4, -0.2) is 32.8 Å². The van der Waals surface area contributed by atoms with Crippen molar-refractivity contribution in [2.24, 2.45) is 0 Å². The number of carbonyl (C=O) groups is 2. The second-order valence-electron chi connectivity index (χ2n) is 5.17. The molecule has 1 aromatic heterocycles. The van der Waals surface area contributed by atoms with Gasteiger partial charge in [-0.2, -0.15) is 0 Å². The molecule has 0 spiro atoms. The highest BCUT2D eigenvalue weighted by molar-refractivity contribution is 8.00. The predicted octanol–water partition coefficient (Wildman–Crippen LogP) is 2.57. The summed E-state index contributed by atoms with van der Waals surface area (Å²) in [6.45, 7) is 7.72. The number of carboxylic acids is 1. The molecular formula is C14H20N2O3S. The van der Waals surface area contributed by atoms with E-state index in [0.717, 1.165) is 6.42 Å². The summed E-state index contributed by atoms with van der Waals surface area (Å²) >= 11 is 1.25. The van der Waals surface area contributed by atoms with Gasteiger partial charge in [-0.25, -0.2) is 9.78 Å². The smallest absolute Gasteiger partial charge is 0.335 e. The Morgan fingerprint density at radius 1 is 1.50 bits per heavy atom. The van der Waals surface area contributed by atoms with Gasteiger partial charge in [0.15, 0.2) is 0 Å². The third-order valence-corrected chi connectivity index (χ3v) is 4.03. The van der Waals surface area contributed by atoms with Gasteiger partial charge in [-0.3, -0.25) is 4.79 Å². The summed E-state index contributed by atoms with van der Waals surface area (Å²) in [6.07, 6.45) is 2.27. The Morgan fingerprint density at radius 2 is 2.15 bits per heavy atom. The van der Waals surface area contributed by atoms with Crippen molar-refractivity contribution in [3.8, 4) is 0 Å². The van der Waals surface area contributed by atoms with Gasteiger partial charge in [-0.15, -0.1) is 0 Å². The fraction of sp³-hybridized carbons (Fsp3) is 0.500. The van der Waals surface area contributed by atoms with Crippen LogP contribution in [0.5, 0.6) is 0 Å². The lowest BCUT2D eigenvalue weighted by Gasteiger charge is -2.26. The molecule has 0 saturated carbocycles. The minimum Gasteiger partial charge on any atom is -0.478 e. The highest BCUT2D eigenvalue weighted by Crippen LogP contribution is 2.22. The second-order valence-corrected chi connectivity index (χ2v) is 6.54. The van der Waals surface area contributed by atoms with E-state index in [1.165, 1.54) is 30.1 Å². The van der Waals surface area contributed by atoms with Crippen LogP contribution in [0.3, 0.4) is 0 Å². The molecule has 1 heterocycles. The topological polar surface area (TPSA) is 79.3 Å². The Kier molecular flexibility index (Phi) is 5.56. The lowest BCUT2D eigenvalue weighted by molar-refractivity contribution is -0.121. The van der Waals surface area contributed by atoms with Gasteiger partial charge in [-0.05, 0) is 39.3 Å². The maximum Gasteiger partial charge on any atom is 0.335 e. The number of carbonyl (C=O) groups excluding carboxylic acids is 1. The Bertz CT molecular complexity index is 503. The summed E-state index contributed by atoms with van der Waals surface area (Å²) in [6, 6.07) is 2.90. The van der Waals surface area contributed by atoms with Crippen molar-refractivity contribution >= 4 is 23.6 Å². The van der Waals surface area contributed by atoms with E-state index in [9.17, 15) is 9.59 Å². The molecule has 110 valence electrons. The summed E-state index contributed by atoms with van der Waals surface area (Å²) in [4.78, 5) is 27.0. The first-order valence-corrected chi connectivity index (χ1v) is 7.31. The maximum atomic E-state index is 12.1. The van der Waals surface area contributed by atoms with Crippen LogP contribution < -0.4 is 5.32 Å². The molecule has 0 fully saturated rings. The standard InChI is InChI=1S/C14H20N2O3S/c1-5-14(3,4)16-12(17)9(2)20-11-8-10(13(18)19)6-7-15-11/h6-9H,5H2,1-4H3,(H,16,17)(H,18,19). The largest absolute Gasteiger partial charge is 0.478 e. The molecule has 0 aliphatic rings. The van der Waals surface area contributed by atoms with Crippen LogP contribution in [0.4, 0.5) is 0 Å². The molecular weight excluding hydrogens is 276 g/mol. The van der Waals surface area contributed by atoms with Gasteiger partial charge < -0.3 is 10.4 Å². The molecule has 0 aliphatic carbocycles. The molecule has 0 radical (unpaired) electrons. The van der Waals surface area contributed by atoms with Crippen LogP contribution in [0.15, 0.2) is 23.4 Å². The molecule has 1 amide bonds. The summed E-state index contributed by atoms with van der Waals surface area (Å²) < 4.78 is 0. The minimum absolute atomic E-state index is 0.0793. The van der Waals surface area contributed by atoms with Crippen molar-refractivity contribution in [2.75, 3.05) is 0 Å². The van der Waals surface area contributed by atoms with E-state index in [1.54, 1.807) is 6.92 Å². The maximum absolute atomic E-state index is 12.1. The highest BCUT2D eigenvalue weighted by Gasteiger charge is 2.22. The van der Waals surface area contributed by atoms with Crippen molar-refractivity contribution in [1.29, 1.82) is 0 Å². The average Bonchev–Trinajstić information content (AvgIpc) is 2.38. The SMILES string of the molecule is CCC(C)(C)NC(=O)C(C)Sc1cc(C(=O)O)ccn1. The van der Waals surface area contributed by atoms with E-state index < -0.39 is 5.97 Å². The third-order valence-electron chi connectivity index (χ3n) is 2.99. The van der Waals surface area contributed by atoms with E-state index in [-0.39, 0.29) is 22.3 Å². The molecule has 0 aromatic carbocycles. The lowest BCUT2D eigenvalue weighted by atomic mass is 10.0.